The van der Waals surface area contributed by atoms with Crippen molar-refractivity contribution in [1.29, 1.82) is 0 Å². The maximum absolute atomic E-state index is 11.3. The molecule has 148 valence electrons. The number of ketones is 1. The Morgan fingerprint density at radius 3 is 2.08 bits per heavy atom. The number of hydrogen-bond donors (Lipinski definition) is 1. The van der Waals surface area contributed by atoms with E-state index in [2.05, 4.69) is 5.32 Å². The van der Waals surface area contributed by atoms with Gasteiger partial charge in [-0.05, 0) is 37.1 Å². The molecule has 0 atom stereocenters. The number of ether oxygens (including phenoxy) is 4. The van der Waals surface area contributed by atoms with Crippen molar-refractivity contribution in [3.63, 3.8) is 0 Å². The number of nitrogens with one attached hydrogen (secondary N) is 1. The summed E-state index contributed by atoms with van der Waals surface area (Å²) < 4.78 is 21.8. The predicted molar refractivity (Wildman–Crippen MR) is 103 cm³/mol. The van der Waals surface area contributed by atoms with Crippen LogP contribution in [0.2, 0.25) is 0 Å². The normalized spacial score (nSPS) is 10.9. The molecule has 0 aliphatic heterocycles. The van der Waals surface area contributed by atoms with E-state index in [0.717, 1.165) is 24.3 Å². The van der Waals surface area contributed by atoms with Crippen LogP contribution in [0.15, 0.2) is 24.3 Å². The first-order valence-corrected chi connectivity index (χ1v) is 9.30. The highest BCUT2D eigenvalue weighted by Crippen LogP contribution is 2.15. The zero-order valence-electron chi connectivity index (χ0n) is 16.3. The molecule has 6 nitrogen and oxygen atoms in total. The van der Waals surface area contributed by atoms with Crippen LogP contribution < -0.4 is 10.1 Å². The van der Waals surface area contributed by atoms with Gasteiger partial charge in [-0.2, -0.15) is 0 Å². The summed E-state index contributed by atoms with van der Waals surface area (Å²) >= 11 is 0. The van der Waals surface area contributed by atoms with Gasteiger partial charge in [0.25, 0.3) is 0 Å². The summed E-state index contributed by atoms with van der Waals surface area (Å²) in [6.45, 7) is 7.31. The van der Waals surface area contributed by atoms with Crippen LogP contribution in [0.1, 0.15) is 26.7 Å². The number of carbonyl (C=O) groups is 1. The Balaban J connectivity index is 1.82. The molecule has 6 heteroatoms. The van der Waals surface area contributed by atoms with Crippen LogP contribution in [0.5, 0.6) is 5.75 Å². The lowest BCUT2D eigenvalue weighted by molar-refractivity contribution is -0.127. The summed E-state index contributed by atoms with van der Waals surface area (Å²) in [5.74, 6) is 1.02. The van der Waals surface area contributed by atoms with E-state index in [0.29, 0.717) is 39.6 Å². The second kappa shape index (κ2) is 14.5. The largest absolute Gasteiger partial charge is 0.494 e. The van der Waals surface area contributed by atoms with Crippen LogP contribution in [0, 0.1) is 5.92 Å². The van der Waals surface area contributed by atoms with Gasteiger partial charge in [-0.3, -0.25) is 4.79 Å². The van der Waals surface area contributed by atoms with Gasteiger partial charge in [-0.1, -0.05) is 13.8 Å². The molecular weight excluding hydrogens is 334 g/mol. The van der Waals surface area contributed by atoms with E-state index in [1.165, 1.54) is 0 Å². The van der Waals surface area contributed by atoms with Crippen LogP contribution in [-0.4, -0.2) is 59.1 Å². The molecule has 0 aromatic heterocycles. The van der Waals surface area contributed by atoms with Gasteiger partial charge >= 0.3 is 0 Å². The predicted octanol–water partition coefficient (Wildman–Crippen LogP) is 3.16. The van der Waals surface area contributed by atoms with Gasteiger partial charge in [0, 0.05) is 25.3 Å². The van der Waals surface area contributed by atoms with Crippen LogP contribution in [0.3, 0.4) is 0 Å². The highest BCUT2D eigenvalue weighted by atomic mass is 16.5. The fourth-order valence-corrected chi connectivity index (χ4v) is 1.99. The van der Waals surface area contributed by atoms with Gasteiger partial charge in [-0.15, -0.1) is 0 Å². The van der Waals surface area contributed by atoms with Crippen molar-refractivity contribution in [2.75, 3.05) is 58.6 Å². The Morgan fingerprint density at radius 1 is 0.885 bits per heavy atom. The SMILES string of the molecule is CNc1ccc(OCCCCOCCOCCOCC(=O)C(C)C)cc1. The molecule has 0 amide bonds. The molecule has 0 spiro atoms. The minimum Gasteiger partial charge on any atom is -0.494 e. The van der Waals surface area contributed by atoms with Gasteiger partial charge in [0.2, 0.25) is 0 Å². The summed E-state index contributed by atoms with van der Waals surface area (Å²) in [5.41, 5.74) is 1.07. The van der Waals surface area contributed by atoms with E-state index < -0.39 is 0 Å². The molecule has 1 rings (SSSR count). The Hall–Kier alpha value is -1.63. The van der Waals surface area contributed by atoms with E-state index in [-0.39, 0.29) is 18.3 Å². The molecule has 1 aromatic carbocycles. The molecule has 0 bridgehead atoms. The highest BCUT2D eigenvalue weighted by Gasteiger charge is 2.06. The third-order valence-electron chi connectivity index (χ3n) is 3.73. The van der Waals surface area contributed by atoms with Crippen molar-refractivity contribution in [3.8, 4) is 5.75 Å². The number of anilines is 1. The molecule has 0 aliphatic rings. The molecule has 0 aliphatic carbocycles. The summed E-state index contributed by atoms with van der Waals surface area (Å²) in [7, 11) is 1.89. The van der Waals surface area contributed by atoms with E-state index >= 15 is 0 Å². The van der Waals surface area contributed by atoms with Crippen molar-refractivity contribution >= 4 is 11.5 Å². The highest BCUT2D eigenvalue weighted by molar-refractivity contribution is 5.81. The maximum atomic E-state index is 11.3. The third kappa shape index (κ3) is 11.1. The fraction of sp³-hybridized carbons (Fsp3) is 0.650. The molecule has 0 heterocycles. The monoisotopic (exact) mass is 367 g/mol. The Labute approximate surface area is 157 Å². The van der Waals surface area contributed by atoms with E-state index in [1.54, 1.807) is 0 Å². The molecule has 0 unspecified atom stereocenters. The molecule has 0 fully saturated rings. The van der Waals surface area contributed by atoms with Crippen LogP contribution >= 0.6 is 0 Å². The van der Waals surface area contributed by atoms with Crippen molar-refractivity contribution in [1.82, 2.24) is 0 Å². The van der Waals surface area contributed by atoms with Gasteiger partial charge in [0.1, 0.15) is 12.4 Å². The average molecular weight is 367 g/mol. The van der Waals surface area contributed by atoms with Gasteiger partial charge in [0.15, 0.2) is 5.78 Å². The average Bonchev–Trinajstić information content (AvgIpc) is 2.65. The molecule has 26 heavy (non-hydrogen) atoms. The molecule has 0 radical (unpaired) electrons. The van der Waals surface area contributed by atoms with Crippen molar-refractivity contribution in [2.24, 2.45) is 5.92 Å². The van der Waals surface area contributed by atoms with Crippen molar-refractivity contribution in [3.05, 3.63) is 24.3 Å². The number of hydrogen-bond acceptors (Lipinski definition) is 6. The zero-order chi connectivity index (χ0) is 19.0. The first-order chi connectivity index (χ1) is 12.6. The van der Waals surface area contributed by atoms with E-state index in [4.69, 9.17) is 18.9 Å². The lowest BCUT2D eigenvalue weighted by atomic mass is 10.1. The third-order valence-corrected chi connectivity index (χ3v) is 3.73. The molecule has 0 saturated heterocycles. The Kier molecular flexibility index (Phi) is 12.5. The summed E-state index contributed by atoms with van der Waals surface area (Å²) in [5, 5.41) is 3.07. The van der Waals surface area contributed by atoms with E-state index in [1.807, 2.05) is 45.2 Å². The second-order valence-electron chi connectivity index (χ2n) is 6.23. The smallest absolute Gasteiger partial charge is 0.160 e. The van der Waals surface area contributed by atoms with Gasteiger partial charge < -0.3 is 24.3 Å². The number of rotatable bonds is 16. The molecular formula is C20H33NO5. The number of unbranched alkanes of at least 4 members (excludes halogenated alkanes) is 1. The Morgan fingerprint density at radius 2 is 1.46 bits per heavy atom. The summed E-state index contributed by atoms with van der Waals surface area (Å²) in [6.07, 6.45) is 1.90. The molecule has 1 N–H and O–H groups in total. The first kappa shape index (κ1) is 22.4. The van der Waals surface area contributed by atoms with Crippen LogP contribution in [-0.2, 0) is 19.0 Å². The molecule has 1 aromatic rings. The van der Waals surface area contributed by atoms with Gasteiger partial charge in [0.05, 0.1) is 33.0 Å². The lowest BCUT2D eigenvalue weighted by Crippen LogP contribution is -2.17. The van der Waals surface area contributed by atoms with Crippen LogP contribution in [0.4, 0.5) is 5.69 Å². The van der Waals surface area contributed by atoms with Crippen molar-refractivity contribution < 1.29 is 23.7 Å². The topological polar surface area (TPSA) is 66.0 Å². The van der Waals surface area contributed by atoms with Crippen LogP contribution in [0.25, 0.3) is 0 Å². The minimum absolute atomic E-state index is 0.0219. The first-order valence-electron chi connectivity index (χ1n) is 9.30. The fourth-order valence-electron chi connectivity index (χ4n) is 1.99. The summed E-state index contributed by atoms with van der Waals surface area (Å²) in [6, 6.07) is 7.90. The lowest BCUT2D eigenvalue weighted by Gasteiger charge is -2.08. The number of benzene rings is 1. The second-order valence-corrected chi connectivity index (χ2v) is 6.23. The van der Waals surface area contributed by atoms with Gasteiger partial charge in [-0.25, -0.2) is 0 Å². The van der Waals surface area contributed by atoms with Crippen molar-refractivity contribution in [2.45, 2.75) is 26.7 Å². The minimum atomic E-state index is 0.0219. The molecule has 0 saturated carbocycles. The zero-order valence-corrected chi connectivity index (χ0v) is 16.3. The Bertz CT molecular complexity index is 476. The number of carbonyl (C=O) groups excluding carboxylic acids is 1. The maximum Gasteiger partial charge on any atom is 0.160 e. The standard InChI is InChI=1S/C20H33NO5/c1-17(2)20(22)16-25-15-14-24-13-12-23-10-4-5-11-26-19-8-6-18(21-3)7-9-19/h6-9,17,21H,4-5,10-16H2,1-3H3. The van der Waals surface area contributed by atoms with E-state index in [9.17, 15) is 4.79 Å². The quantitative estimate of drug-likeness (QED) is 0.453. The number of Topliss-reactive ketones (excluding diaryl/α,β-unsaturated/α-hetero) is 1. The summed E-state index contributed by atoms with van der Waals surface area (Å²) in [4.78, 5) is 11.3.